The number of nitrogens with zero attached hydrogens (tertiary/aromatic N) is 1. The van der Waals surface area contributed by atoms with Gasteiger partial charge in [0.15, 0.2) is 6.61 Å². The summed E-state index contributed by atoms with van der Waals surface area (Å²) in [4.78, 5) is 26.0. The lowest BCUT2D eigenvalue weighted by Crippen LogP contribution is -2.39. The van der Waals surface area contributed by atoms with E-state index in [-0.39, 0.29) is 18.4 Å². The third-order valence-corrected chi connectivity index (χ3v) is 4.47. The standard InChI is InChI=1S/C21H24N2O4/c1-15-8-9-19-18(11-15)23(21(25)14-27-19)10-4-7-20(24)22-13-16-5-3-6-17(12-16)26-2/h3,5-6,8-9,11-12H,4,7,10,13-14H2,1-2H3,(H,22,24). The molecule has 2 aromatic rings. The Labute approximate surface area is 159 Å². The van der Waals surface area contributed by atoms with E-state index in [1.54, 1.807) is 12.0 Å². The van der Waals surface area contributed by atoms with Gasteiger partial charge in [-0.1, -0.05) is 18.2 Å². The van der Waals surface area contributed by atoms with Crippen molar-refractivity contribution < 1.29 is 19.1 Å². The lowest BCUT2D eigenvalue weighted by Gasteiger charge is -2.29. The Morgan fingerprint density at radius 1 is 1.26 bits per heavy atom. The molecule has 0 aromatic heterocycles. The number of hydrogen-bond acceptors (Lipinski definition) is 4. The molecule has 0 unspecified atom stereocenters. The van der Waals surface area contributed by atoms with Crippen LogP contribution in [0.3, 0.4) is 0 Å². The molecule has 1 aliphatic heterocycles. The zero-order chi connectivity index (χ0) is 19.2. The van der Waals surface area contributed by atoms with Crippen LogP contribution in [-0.2, 0) is 16.1 Å². The molecule has 142 valence electrons. The molecule has 0 aliphatic carbocycles. The summed E-state index contributed by atoms with van der Waals surface area (Å²) in [7, 11) is 1.62. The molecule has 0 radical (unpaired) electrons. The van der Waals surface area contributed by atoms with Gasteiger partial charge in [0.1, 0.15) is 11.5 Å². The molecule has 0 atom stereocenters. The number of methoxy groups -OCH3 is 1. The predicted molar refractivity (Wildman–Crippen MR) is 103 cm³/mol. The molecule has 2 amide bonds. The third-order valence-electron chi connectivity index (χ3n) is 4.47. The summed E-state index contributed by atoms with van der Waals surface area (Å²) in [6.45, 7) is 2.96. The molecule has 1 aliphatic rings. The van der Waals surface area contributed by atoms with E-state index in [9.17, 15) is 9.59 Å². The third kappa shape index (κ3) is 4.78. The minimum Gasteiger partial charge on any atom is -0.497 e. The van der Waals surface area contributed by atoms with Gasteiger partial charge in [-0.05, 0) is 48.7 Å². The fourth-order valence-corrected chi connectivity index (χ4v) is 3.03. The van der Waals surface area contributed by atoms with Crippen molar-refractivity contribution in [1.82, 2.24) is 5.32 Å². The molecule has 0 saturated carbocycles. The smallest absolute Gasteiger partial charge is 0.265 e. The Kier molecular flexibility index (Phi) is 5.96. The minimum atomic E-state index is -0.0788. The Bertz CT molecular complexity index is 835. The molecule has 0 bridgehead atoms. The van der Waals surface area contributed by atoms with Crippen LogP contribution in [0.1, 0.15) is 24.0 Å². The second-order valence-corrected chi connectivity index (χ2v) is 6.54. The van der Waals surface area contributed by atoms with Gasteiger partial charge < -0.3 is 19.7 Å². The van der Waals surface area contributed by atoms with Crippen molar-refractivity contribution in [3.63, 3.8) is 0 Å². The number of amides is 2. The number of carbonyl (C=O) groups is 2. The van der Waals surface area contributed by atoms with Crippen LogP contribution in [0.4, 0.5) is 5.69 Å². The zero-order valence-corrected chi connectivity index (χ0v) is 15.7. The lowest BCUT2D eigenvalue weighted by atomic mass is 10.1. The molecule has 3 rings (SSSR count). The van der Waals surface area contributed by atoms with Crippen molar-refractivity contribution in [2.45, 2.75) is 26.3 Å². The summed E-state index contributed by atoms with van der Waals surface area (Å²) in [6.07, 6.45) is 0.943. The van der Waals surface area contributed by atoms with Gasteiger partial charge in [-0.2, -0.15) is 0 Å². The Balaban J connectivity index is 1.50. The summed E-state index contributed by atoms with van der Waals surface area (Å²) in [6, 6.07) is 13.4. The van der Waals surface area contributed by atoms with Crippen molar-refractivity contribution in [2.24, 2.45) is 0 Å². The van der Waals surface area contributed by atoms with Crippen molar-refractivity contribution in [1.29, 1.82) is 0 Å². The number of ether oxygens (including phenoxy) is 2. The van der Waals surface area contributed by atoms with Crippen molar-refractivity contribution in [3.05, 3.63) is 53.6 Å². The van der Waals surface area contributed by atoms with Gasteiger partial charge in [0, 0.05) is 19.5 Å². The maximum atomic E-state index is 12.2. The molecular weight excluding hydrogens is 344 g/mol. The summed E-state index contributed by atoms with van der Waals surface area (Å²) in [5.74, 6) is 1.36. The number of fused-ring (bicyclic) bond motifs is 1. The first kappa shape index (κ1) is 18.8. The minimum absolute atomic E-state index is 0.0389. The Hall–Kier alpha value is -3.02. The molecule has 1 heterocycles. The molecule has 6 heteroatoms. The van der Waals surface area contributed by atoms with E-state index in [4.69, 9.17) is 9.47 Å². The first-order chi connectivity index (χ1) is 13.1. The quantitative estimate of drug-likeness (QED) is 0.816. The summed E-state index contributed by atoms with van der Waals surface area (Å²) < 4.78 is 10.7. The average Bonchev–Trinajstić information content (AvgIpc) is 2.68. The fraction of sp³-hybridized carbons (Fsp3) is 0.333. The highest BCUT2D eigenvalue weighted by Crippen LogP contribution is 2.32. The van der Waals surface area contributed by atoms with Crippen molar-refractivity contribution in [3.8, 4) is 11.5 Å². The Morgan fingerprint density at radius 2 is 2.11 bits per heavy atom. The number of aryl methyl sites for hydroxylation is 1. The summed E-state index contributed by atoms with van der Waals surface area (Å²) >= 11 is 0. The van der Waals surface area contributed by atoms with Crippen LogP contribution in [0.15, 0.2) is 42.5 Å². The number of hydrogen-bond donors (Lipinski definition) is 1. The number of nitrogens with one attached hydrogen (secondary N) is 1. The van der Waals surface area contributed by atoms with Gasteiger partial charge in [-0.3, -0.25) is 9.59 Å². The summed E-state index contributed by atoms with van der Waals surface area (Å²) in [5.41, 5.74) is 2.83. The van der Waals surface area contributed by atoms with Gasteiger partial charge in [0.25, 0.3) is 5.91 Å². The molecule has 2 aromatic carbocycles. The van der Waals surface area contributed by atoms with E-state index in [1.165, 1.54) is 0 Å². The SMILES string of the molecule is COc1cccc(CNC(=O)CCCN2C(=O)COc3ccc(C)cc32)c1. The first-order valence-electron chi connectivity index (χ1n) is 9.00. The molecule has 0 fully saturated rings. The number of carbonyl (C=O) groups excluding carboxylic acids is 2. The van der Waals surface area contributed by atoms with E-state index < -0.39 is 0 Å². The van der Waals surface area contributed by atoms with E-state index in [2.05, 4.69) is 5.32 Å². The highest BCUT2D eigenvalue weighted by Gasteiger charge is 2.25. The monoisotopic (exact) mass is 368 g/mol. The van der Waals surface area contributed by atoms with Crippen LogP contribution in [0.2, 0.25) is 0 Å². The largest absolute Gasteiger partial charge is 0.497 e. The topological polar surface area (TPSA) is 67.9 Å². The van der Waals surface area contributed by atoms with Crippen molar-refractivity contribution >= 4 is 17.5 Å². The maximum absolute atomic E-state index is 12.2. The number of anilines is 1. The average molecular weight is 368 g/mol. The molecule has 0 saturated heterocycles. The molecular formula is C21H24N2O4. The highest BCUT2D eigenvalue weighted by atomic mass is 16.5. The van der Waals surface area contributed by atoms with Crippen molar-refractivity contribution in [2.75, 3.05) is 25.2 Å². The van der Waals surface area contributed by atoms with E-state index in [0.717, 1.165) is 22.6 Å². The second kappa shape index (κ2) is 8.58. The number of benzene rings is 2. The van der Waals surface area contributed by atoms with Gasteiger partial charge >= 0.3 is 0 Å². The van der Waals surface area contributed by atoms with E-state index >= 15 is 0 Å². The van der Waals surface area contributed by atoms with E-state index in [0.29, 0.717) is 31.7 Å². The van der Waals surface area contributed by atoms with Crippen LogP contribution in [-0.4, -0.2) is 32.1 Å². The molecule has 0 spiro atoms. The molecule has 27 heavy (non-hydrogen) atoms. The molecule has 6 nitrogen and oxygen atoms in total. The van der Waals surface area contributed by atoms with Crippen LogP contribution in [0.25, 0.3) is 0 Å². The fourth-order valence-electron chi connectivity index (χ4n) is 3.03. The molecule has 1 N–H and O–H groups in total. The summed E-state index contributed by atoms with van der Waals surface area (Å²) in [5, 5.41) is 2.90. The van der Waals surface area contributed by atoms with Gasteiger partial charge in [-0.15, -0.1) is 0 Å². The lowest BCUT2D eigenvalue weighted by molar-refractivity contribution is -0.123. The van der Waals surface area contributed by atoms with Crippen LogP contribution in [0, 0.1) is 6.92 Å². The van der Waals surface area contributed by atoms with Crippen LogP contribution < -0.4 is 19.7 Å². The van der Waals surface area contributed by atoms with Gasteiger partial charge in [0.2, 0.25) is 5.91 Å². The van der Waals surface area contributed by atoms with Crippen LogP contribution in [0.5, 0.6) is 11.5 Å². The van der Waals surface area contributed by atoms with Gasteiger partial charge in [-0.25, -0.2) is 0 Å². The predicted octanol–water partition coefficient (Wildman–Crippen LogP) is 2.83. The highest BCUT2D eigenvalue weighted by molar-refractivity contribution is 5.98. The second-order valence-electron chi connectivity index (χ2n) is 6.54. The zero-order valence-electron chi connectivity index (χ0n) is 15.7. The van der Waals surface area contributed by atoms with E-state index in [1.807, 2.05) is 49.4 Å². The normalized spacial score (nSPS) is 13.0. The number of rotatable bonds is 7. The first-order valence-corrected chi connectivity index (χ1v) is 9.00. The van der Waals surface area contributed by atoms with Gasteiger partial charge in [0.05, 0.1) is 12.8 Å². The Morgan fingerprint density at radius 3 is 2.93 bits per heavy atom. The van der Waals surface area contributed by atoms with Crippen LogP contribution >= 0.6 is 0 Å². The maximum Gasteiger partial charge on any atom is 0.265 e.